The Morgan fingerprint density at radius 1 is 1.04 bits per heavy atom. The lowest BCUT2D eigenvalue weighted by Gasteiger charge is -2.37. The summed E-state index contributed by atoms with van der Waals surface area (Å²) in [5.74, 6) is 1.92. The van der Waals surface area contributed by atoms with Crippen molar-refractivity contribution in [2.24, 2.45) is 4.99 Å². The van der Waals surface area contributed by atoms with E-state index in [9.17, 15) is 0 Å². The summed E-state index contributed by atoms with van der Waals surface area (Å²) in [5.41, 5.74) is 1.25. The van der Waals surface area contributed by atoms with Crippen molar-refractivity contribution in [1.29, 1.82) is 0 Å². The number of nitrogens with one attached hydrogen (secondary N) is 1. The zero-order chi connectivity index (χ0) is 17.9. The van der Waals surface area contributed by atoms with Gasteiger partial charge in [-0.05, 0) is 43.5 Å². The lowest BCUT2D eigenvalue weighted by Crippen LogP contribution is -2.52. The summed E-state index contributed by atoms with van der Waals surface area (Å²) in [4.78, 5) is 9.19. The van der Waals surface area contributed by atoms with E-state index in [4.69, 9.17) is 9.47 Å². The standard InChI is InChI=1S/C19H32N4O2/c1-20-19(21-11-5-4-6-16-24-2)23-14-12-22(13-15-23)17-7-9-18(25-3)10-8-17/h7-10H,4-6,11-16H2,1-3H3,(H,20,21). The number of unbranched alkanes of at least 4 members (excludes halogenated alkanes) is 2. The van der Waals surface area contributed by atoms with Gasteiger partial charge in [0.15, 0.2) is 5.96 Å². The number of hydrogen-bond donors (Lipinski definition) is 1. The average molecular weight is 348 g/mol. The highest BCUT2D eigenvalue weighted by atomic mass is 16.5. The smallest absolute Gasteiger partial charge is 0.193 e. The molecule has 1 N–H and O–H groups in total. The molecule has 25 heavy (non-hydrogen) atoms. The Morgan fingerprint density at radius 3 is 2.36 bits per heavy atom. The Hall–Kier alpha value is -1.95. The maximum absolute atomic E-state index is 5.23. The molecule has 0 spiro atoms. The van der Waals surface area contributed by atoms with E-state index < -0.39 is 0 Å². The summed E-state index contributed by atoms with van der Waals surface area (Å²) >= 11 is 0. The van der Waals surface area contributed by atoms with Gasteiger partial charge in [-0.15, -0.1) is 0 Å². The molecule has 1 aliphatic heterocycles. The van der Waals surface area contributed by atoms with Crippen molar-refractivity contribution in [2.75, 3.05) is 65.5 Å². The number of piperazine rings is 1. The third-order valence-electron chi connectivity index (χ3n) is 4.54. The molecule has 140 valence electrons. The number of guanidine groups is 1. The lowest BCUT2D eigenvalue weighted by atomic mass is 10.2. The number of hydrogen-bond acceptors (Lipinski definition) is 4. The Morgan fingerprint density at radius 2 is 1.76 bits per heavy atom. The summed E-state index contributed by atoms with van der Waals surface area (Å²) < 4.78 is 10.3. The highest BCUT2D eigenvalue weighted by molar-refractivity contribution is 5.80. The van der Waals surface area contributed by atoms with Crippen molar-refractivity contribution in [1.82, 2.24) is 10.2 Å². The largest absolute Gasteiger partial charge is 0.497 e. The molecule has 0 unspecified atom stereocenters. The van der Waals surface area contributed by atoms with Gasteiger partial charge in [-0.25, -0.2) is 0 Å². The van der Waals surface area contributed by atoms with Gasteiger partial charge in [-0.1, -0.05) is 0 Å². The number of nitrogens with zero attached hydrogens (tertiary/aromatic N) is 3. The minimum atomic E-state index is 0.849. The van der Waals surface area contributed by atoms with E-state index in [-0.39, 0.29) is 0 Å². The van der Waals surface area contributed by atoms with E-state index in [2.05, 4.69) is 32.2 Å². The number of rotatable bonds is 8. The SMILES string of the molecule is CN=C(NCCCCCOC)N1CCN(c2ccc(OC)cc2)CC1. The summed E-state index contributed by atoms with van der Waals surface area (Å²) in [7, 11) is 5.32. The van der Waals surface area contributed by atoms with Crippen molar-refractivity contribution < 1.29 is 9.47 Å². The molecular weight excluding hydrogens is 316 g/mol. The second-order valence-electron chi connectivity index (χ2n) is 6.20. The molecular formula is C19H32N4O2. The predicted molar refractivity (Wildman–Crippen MR) is 104 cm³/mol. The molecule has 0 atom stereocenters. The maximum Gasteiger partial charge on any atom is 0.193 e. The van der Waals surface area contributed by atoms with Gasteiger partial charge >= 0.3 is 0 Å². The first-order valence-electron chi connectivity index (χ1n) is 9.12. The average Bonchev–Trinajstić information content (AvgIpc) is 2.68. The van der Waals surface area contributed by atoms with E-state index in [1.54, 1.807) is 14.2 Å². The Bertz CT molecular complexity index is 511. The van der Waals surface area contributed by atoms with E-state index in [0.29, 0.717) is 0 Å². The fourth-order valence-electron chi connectivity index (χ4n) is 3.05. The monoisotopic (exact) mass is 348 g/mol. The van der Waals surface area contributed by atoms with Crippen LogP contribution in [0, 0.1) is 0 Å². The Kier molecular flexibility index (Phi) is 8.39. The van der Waals surface area contributed by atoms with E-state index >= 15 is 0 Å². The Balaban J connectivity index is 1.73. The van der Waals surface area contributed by atoms with Crippen LogP contribution in [0.2, 0.25) is 0 Å². The fourth-order valence-corrected chi connectivity index (χ4v) is 3.05. The third-order valence-corrected chi connectivity index (χ3v) is 4.54. The van der Waals surface area contributed by atoms with Crippen LogP contribution in [-0.4, -0.2) is 71.5 Å². The first kappa shape index (κ1) is 19.4. The molecule has 6 heteroatoms. The Labute approximate surface area is 151 Å². The van der Waals surface area contributed by atoms with Crippen LogP contribution in [0.3, 0.4) is 0 Å². The van der Waals surface area contributed by atoms with Gasteiger partial charge in [0.1, 0.15) is 5.75 Å². The van der Waals surface area contributed by atoms with Crippen LogP contribution in [-0.2, 0) is 4.74 Å². The number of ether oxygens (including phenoxy) is 2. The van der Waals surface area contributed by atoms with Gasteiger partial charge in [0.2, 0.25) is 0 Å². The first-order chi connectivity index (χ1) is 12.3. The maximum atomic E-state index is 5.23. The van der Waals surface area contributed by atoms with Crippen LogP contribution < -0.4 is 15.0 Å². The zero-order valence-electron chi connectivity index (χ0n) is 15.8. The topological polar surface area (TPSA) is 49.3 Å². The van der Waals surface area contributed by atoms with Gasteiger partial charge in [0.05, 0.1) is 7.11 Å². The number of aliphatic imine (C=N–C) groups is 1. The number of anilines is 1. The van der Waals surface area contributed by atoms with Crippen molar-refractivity contribution in [3.63, 3.8) is 0 Å². The summed E-state index contributed by atoms with van der Waals surface area (Å²) in [6.07, 6.45) is 3.45. The van der Waals surface area contributed by atoms with Crippen LogP contribution in [0.1, 0.15) is 19.3 Å². The predicted octanol–water partition coefficient (Wildman–Crippen LogP) is 2.21. The van der Waals surface area contributed by atoms with Crippen LogP contribution in [0.5, 0.6) is 5.75 Å². The first-order valence-corrected chi connectivity index (χ1v) is 9.12. The van der Waals surface area contributed by atoms with Crippen molar-refractivity contribution in [3.05, 3.63) is 24.3 Å². The number of benzene rings is 1. The molecule has 1 heterocycles. The third kappa shape index (κ3) is 6.12. The molecule has 1 saturated heterocycles. The zero-order valence-corrected chi connectivity index (χ0v) is 15.8. The quantitative estimate of drug-likeness (QED) is 0.443. The van der Waals surface area contributed by atoms with Gasteiger partial charge in [-0.3, -0.25) is 4.99 Å². The normalized spacial score (nSPS) is 15.4. The van der Waals surface area contributed by atoms with E-state index in [1.807, 2.05) is 19.2 Å². The summed E-state index contributed by atoms with van der Waals surface area (Å²) in [6.45, 7) is 5.78. The molecule has 1 fully saturated rings. The summed E-state index contributed by atoms with van der Waals surface area (Å²) in [6, 6.07) is 8.29. The van der Waals surface area contributed by atoms with Crippen LogP contribution >= 0.6 is 0 Å². The molecule has 0 bridgehead atoms. The van der Waals surface area contributed by atoms with Crippen LogP contribution in [0.4, 0.5) is 5.69 Å². The number of methoxy groups -OCH3 is 2. The molecule has 0 aliphatic carbocycles. The highest BCUT2D eigenvalue weighted by Gasteiger charge is 2.19. The molecule has 1 aliphatic rings. The molecule has 0 amide bonds. The molecule has 0 saturated carbocycles. The van der Waals surface area contributed by atoms with Crippen LogP contribution in [0.25, 0.3) is 0 Å². The van der Waals surface area contributed by atoms with Crippen molar-refractivity contribution >= 4 is 11.6 Å². The fraction of sp³-hybridized carbons (Fsp3) is 0.632. The van der Waals surface area contributed by atoms with Gasteiger partial charge < -0.3 is 24.6 Å². The highest BCUT2D eigenvalue weighted by Crippen LogP contribution is 2.20. The molecule has 6 nitrogen and oxygen atoms in total. The van der Waals surface area contributed by atoms with Gasteiger partial charge in [0, 0.05) is 59.2 Å². The molecule has 2 rings (SSSR count). The molecule has 1 aromatic rings. The van der Waals surface area contributed by atoms with Gasteiger partial charge in [-0.2, -0.15) is 0 Å². The lowest BCUT2D eigenvalue weighted by molar-refractivity contribution is 0.192. The second-order valence-corrected chi connectivity index (χ2v) is 6.20. The van der Waals surface area contributed by atoms with Crippen molar-refractivity contribution in [2.45, 2.75) is 19.3 Å². The van der Waals surface area contributed by atoms with Crippen LogP contribution in [0.15, 0.2) is 29.3 Å². The molecule has 0 aromatic heterocycles. The molecule has 0 radical (unpaired) electrons. The second kappa shape index (κ2) is 10.8. The van der Waals surface area contributed by atoms with E-state index in [1.165, 1.54) is 12.1 Å². The minimum absolute atomic E-state index is 0.849. The van der Waals surface area contributed by atoms with Crippen molar-refractivity contribution in [3.8, 4) is 5.75 Å². The van der Waals surface area contributed by atoms with E-state index in [0.717, 1.165) is 63.9 Å². The molecule has 1 aromatic carbocycles. The summed E-state index contributed by atoms with van der Waals surface area (Å²) in [5, 5.41) is 3.49. The minimum Gasteiger partial charge on any atom is -0.497 e. The van der Waals surface area contributed by atoms with Gasteiger partial charge in [0.25, 0.3) is 0 Å².